The summed E-state index contributed by atoms with van der Waals surface area (Å²) in [6, 6.07) is 11.2. The van der Waals surface area contributed by atoms with Gasteiger partial charge in [0.15, 0.2) is 0 Å². The van der Waals surface area contributed by atoms with Crippen LogP contribution in [-0.4, -0.2) is 43.1 Å². The Balaban J connectivity index is 1.92. The first kappa shape index (κ1) is 12.6. The molecule has 0 aromatic heterocycles. The summed E-state index contributed by atoms with van der Waals surface area (Å²) in [6.45, 7) is 6.76. The molecule has 0 saturated carbocycles. The monoisotopic (exact) mass is 233 g/mol. The third-order valence-corrected chi connectivity index (χ3v) is 3.45. The Kier molecular flexibility index (Phi) is 4.54. The van der Waals surface area contributed by atoms with Crippen LogP contribution in [0.2, 0.25) is 0 Å². The summed E-state index contributed by atoms with van der Waals surface area (Å²) < 4.78 is 0. The van der Waals surface area contributed by atoms with Crippen LogP contribution >= 0.6 is 0 Å². The Morgan fingerprint density at radius 1 is 1.12 bits per heavy atom. The van der Waals surface area contributed by atoms with Gasteiger partial charge in [-0.1, -0.05) is 37.3 Å². The number of rotatable bonds is 4. The van der Waals surface area contributed by atoms with E-state index in [1.165, 1.54) is 5.56 Å². The average molecular weight is 233 g/mol. The first-order chi connectivity index (χ1) is 8.29. The number of hydrazine groups is 1. The first-order valence-electron chi connectivity index (χ1n) is 6.54. The van der Waals surface area contributed by atoms with E-state index in [4.69, 9.17) is 0 Å². The van der Waals surface area contributed by atoms with E-state index in [9.17, 15) is 0 Å². The molecule has 1 aliphatic heterocycles. The minimum absolute atomic E-state index is 0.444. The van der Waals surface area contributed by atoms with Crippen LogP contribution in [0, 0.1) is 0 Å². The number of benzene rings is 1. The van der Waals surface area contributed by atoms with Crippen LogP contribution < -0.4 is 5.43 Å². The molecule has 0 radical (unpaired) electrons. The molecule has 2 rings (SSSR count). The molecule has 0 spiro atoms. The van der Waals surface area contributed by atoms with Crippen molar-refractivity contribution in [1.29, 1.82) is 0 Å². The number of nitrogens with zero attached hydrogens (tertiary/aromatic N) is 2. The van der Waals surface area contributed by atoms with Gasteiger partial charge in [-0.25, -0.2) is 10.4 Å². The highest BCUT2D eigenvalue weighted by atomic mass is 15.5. The van der Waals surface area contributed by atoms with E-state index in [0.29, 0.717) is 6.04 Å². The summed E-state index contributed by atoms with van der Waals surface area (Å²) >= 11 is 0. The fourth-order valence-corrected chi connectivity index (χ4v) is 2.24. The summed E-state index contributed by atoms with van der Waals surface area (Å²) in [7, 11) is 2.19. The molecule has 17 heavy (non-hydrogen) atoms. The summed E-state index contributed by atoms with van der Waals surface area (Å²) in [6.07, 6.45) is 1.12. The number of likely N-dealkylation sites (N-methyl/N-ethyl adjacent to an activating group) is 1. The van der Waals surface area contributed by atoms with E-state index >= 15 is 0 Å². The zero-order valence-corrected chi connectivity index (χ0v) is 10.9. The molecular weight excluding hydrogens is 210 g/mol. The van der Waals surface area contributed by atoms with Crippen LogP contribution in [0.4, 0.5) is 0 Å². The van der Waals surface area contributed by atoms with Gasteiger partial charge in [0.1, 0.15) is 0 Å². The largest absolute Gasteiger partial charge is 0.304 e. The Labute approximate surface area is 104 Å². The van der Waals surface area contributed by atoms with Crippen molar-refractivity contribution in [2.24, 2.45) is 0 Å². The van der Waals surface area contributed by atoms with Crippen molar-refractivity contribution in [3.8, 4) is 0 Å². The highest BCUT2D eigenvalue weighted by molar-refractivity contribution is 5.18. The van der Waals surface area contributed by atoms with Gasteiger partial charge in [0, 0.05) is 32.2 Å². The van der Waals surface area contributed by atoms with Crippen molar-refractivity contribution in [3.05, 3.63) is 35.9 Å². The molecule has 1 fully saturated rings. The number of hydrogen-bond acceptors (Lipinski definition) is 3. The second-order valence-electron chi connectivity index (χ2n) is 4.79. The molecular formula is C14H23N3. The Bertz CT molecular complexity index is 317. The van der Waals surface area contributed by atoms with E-state index in [-0.39, 0.29) is 0 Å². The maximum atomic E-state index is 3.65. The summed E-state index contributed by atoms with van der Waals surface area (Å²) in [5.41, 5.74) is 5.03. The lowest BCUT2D eigenvalue weighted by Crippen LogP contribution is -2.51. The second-order valence-corrected chi connectivity index (χ2v) is 4.79. The van der Waals surface area contributed by atoms with Gasteiger partial charge >= 0.3 is 0 Å². The van der Waals surface area contributed by atoms with Crippen LogP contribution in [-0.2, 0) is 0 Å². The Morgan fingerprint density at radius 3 is 2.35 bits per heavy atom. The van der Waals surface area contributed by atoms with Crippen molar-refractivity contribution in [2.45, 2.75) is 19.4 Å². The zero-order valence-electron chi connectivity index (χ0n) is 10.9. The smallest absolute Gasteiger partial charge is 0.0462 e. The minimum atomic E-state index is 0.444. The third kappa shape index (κ3) is 3.53. The molecule has 3 nitrogen and oxygen atoms in total. The summed E-state index contributed by atoms with van der Waals surface area (Å²) in [5.74, 6) is 0. The first-order valence-corrected chi connectivity index (χ1v) is 6.54. The van der Waals surface area contributed by atoms with Gasteiger partial charge in [0.05, 0.1) is 0 Å². The molecule has 0 aliphatic carbocycles. The highest BCUT2D eigenvalue weighted by Gasteiger charge is 2.17. The molecule has 0 bridgehead atoms. The Hall–Kier alpha value is -0.900. The van der Waals surface area contributed by atoms with Crippen LogP contribution in [0.15, 0.2) is 30.3 Å². The average Bonchev–Trinajstić information content (AvgIpc) is 2.39. The quantitative estimate of drug-likeness (QED) is 0.857. The lowest BCUT2D eigenvalue weighted by Gasteiger charge is -2.35. The molecule has 0 amide bonds. The van der Waals surface area contributed by atoms with Crippen molar-refractivity contribution in [3.63, 3.8) is 0 Å². The van der Waals surface area contributed by atoms with E-state index in [0.717, 1.165) is 32.6 Å². The van der Waals surface area contributed by atoms with Crippen molar-refractivity contribution in [1.82, 2.24) is 15.3 Å². The molecule has 1 aromatic rings. The predicted molar refractivity (Wildman–Crippen MR) is 71.7 cm³/mol. The fourth-order valence-electron chi connectivity index (χ4n) is 2.24. The molecule has 1 saturated heterocycles. The van der Waals surface area contributed by atoms with Gasteiger partial charge in [-0.3, -0.25) is 0 Å². The SMILES string of the molecule is CCC(NN1CCN(C)CC1)c1ccccc1. The van der Waals surface area contributed by atoms with Gasteiger partial charge in [0.25, 0.3) is 0 Å². The van der Waals surface area contributed by atoms with Gasteiger partial charge in [-0.05, 0) is 19.0 Å². The van der Waals surface area contributed by atoms with Gasteiger partial charge < -0.3 is 4.90 Å². The Morgan fingerprint density at radius 2 is 1.76 bits per heavy atom. The number of piperazine rings is 1. The number of hydrogen-bond donors (Lipinski definition) is 1. The van der Waals surface area contributed by atoms with Crippen LogP contribution in [0.1, 0.15) is 24.9 Å². The third-order valence-electron chi connectivity index (χ3n) is 3.45. The van der Waals surface area contributed by atoms with Crippen molar-refractivity contribution >= 4 is 0 Å². The predicted octanol–water partition coefficient (Wildman–Crippen LogP) is 1.89. The van der Waals surface area contributed by atoms with E-state index < -0.39 is 0 Å². The lowest BCUT2D eigenvalue weighted by atomic mass is 10.1. The van der Waals surface area contributed by atoms with E-state index in [2.05, 4.69) is 59.6 Å². The molecule has 1 aliphatic rings. The minimum Gasteiger partial charge on any atom is -0.304 e. The molecule has 1 heterocycles. The second kappa shape index (κ2) is 6.15. The zero-order chi connectivity index (χ0) is 12.1. The van der Waals surface area contributed by atoms with Crippen LogP contribution in [0.25, 0.3) is 0 Å². The number of nitrogens with one attached hydrogen (secondary N) is 1. The summed E-state index contributed by atoms with van der Waals surface area (Å²) in [5, 5.41) is 2.36. The fraction of sp³-hybridized carbons (Fsp3) is 0.571. The standard InChI is InChI=1S/C14H23N3/c1-3-14(13-7-5-4-6-8-13)15-17-11-9-16(2)10-12-17/h4-8,14-15H,3,9-12H2,1-2H3. The molecule has 3 heteroatoms. The lowest BCUT2D eigenvalue weighted by molar-refractivity contribution is 0.0857. The van der Waals surface area contributed by atoms with E-state index in [1.54, 1.807) is 0 Å². The summed E-state index contributed by atoms with van der Waals surface area (Å²) in [4.78, 5) is 2.38. The maximum absolute atomic E-state index is 3.65. The van der Waals surface area contributed by atoms with Gasteiger partial charge in [-0.2, -0.15) is 0 Å². The van der Waals surface area contributed by atoms with Crippen LogP contribution in [0.5, 0.6) is 0 Å². The van der Waals surface area contributed by atoms with Crippen LogP contribution in [0.3, 0.4) is 0 Å². The van der Waals surface area contributed by atoms with Gasteiger partial charge in [-0.15, -0.1) is 0 Å². The topological polar surface area (TPSA) is 18.5 Å². The molecule has 94 valence electrons. The van der Waals surface area contributed by atoms with Crippen molar-refractivity contribution in [2.75, 3.05) is 33.2 Å². The molecule has 1 N–H and O–H groups in total. The maximum Gasteiger partial charge on any atom is 0.0462 e. The normalized spacial score (nSPS) is 20.4. The molecule has 1 unspecified atom stereocenters. The highest BCUT2D eigenvalue weighted by Crippen LogP contribution is 2.16. The van der Waals surface area contributed by atoms with Gasteiger partial charge in [0.2, 0.25) is 0 Å². The molecule has 1 atom stereocenters. The van der Waals surface area contributed by atoms with Crippen molar-refractivity contribution < 1.29 is 0 Å². The molecule has 1 aromatic carbocycles. The van der Waals surface area contributed by atoms with E-state index in [1.807, 2.05) is 0 Å².